The summed E-state index contributed by atoms with van der Waals surface area (Å²) in [5.74, 6) is -1.69. The van der Waals surface area contributed by atoms with Gasteiger partial charge in [0.2, 0.25) is 0 Å². The van der Waals surface area contributed by atoms with Crippen molar-refractivity contribution in [1.82, 2.24) is 40.8 Å². The lowest BCUT2D eigenvalue weighted by Gasteiger charge is -2.11. The molecule has 39 heavy (non-hydrogen) atoms. The van der Waals surface area contributed by atoms with Gasteiger partial charge in [-0.2, -0.15) is 14.6 Å². The molecule has 2 aromatic heterocycles. The maximum absolute atomic E-state index is 13.5. The van der Waals surface area contributed by atoms with E-state index in [-0.39, 0.29) is 42.0 Å². The Labute approximate surface area is 221 Å². The number of fused-ring (bicyclic) bond motifs is 1. The predicted molar refractivity (Wildman–Crippen MR) is 135 cm³/mol. The summed E-state index contributed by atoms with van der Waals surface area (Å²) in [7, 11) is 0. The third-order valence-corrected chi connectivity index (χ3v) is 6.14. The number of nitrogens with zero attached hydrogens (tertiary/aromatic N) is 4. The highest BCUT2D eigenvalue weighted by Crippen LogP contribution is 2.12. The Bertz CT molecular complexity index is 1620. The van der Waals surface area contributed by atoms with Gasteiger partial charge >= 0.3 is 6.03 Å². The smallest absolute Gasteiger partial charge is 0.322 e. The van der Waals surface area contributed by atoms with Crippen molar-refractivity contribution in [3.8, 4) is 0 Å². The van der Waals surface area contributed by atoms with Crippen LogP contribution in [0, 0.1) is 12.7 Å². The summed E-state index contributed by atoms with van der Waals surface area (Å²) >= 11 is 0. The third-order valence-electron chi connectivity index (χ3n) is 6.14. The summed E-state index contributed by atoms with van der Waals surface area (Å²) in [6.07, 6.45) is 1.53. The molecule has 13 heteroatoms. The van der Waals surface area contributed by atoms with Crippen LogP contribution in [0.1, 0.15) is 43.2 Å². The van der Waals surface area contributed by atoms with Crippen LogP contribution in [0.3, 0.4) is 0 Å². The molecular weight excluding hydrogens is 507 g/mol. The van der Waals surface area contributed by atoms with Gasteiger partial charge in [0.05, 0.1) is 0 Å². The molecule has 0 saturated carbocycles. The lowest BCUT2D eigenvalue weighted by molar-refractivity contribution is -0.120. The Morgan fingerprint density at radius 3 is 2.49 bits per heavy atom. The number of carbonyl (C=O) groups is 4. The Balaban J connectivity index is 1.27. The number of aryl methyl sites for hydroxylation is 1. The SMILES string of the molecule is Cc1cc(CNC(=O)c2cc(C(=O)NCc3cccc(CC4NC(=O)NC4=O)c3)n3ncnc3n2)ccc1F. The fourth-order valence-corrected chi connectivity index (χ4v) is 4.16. The van der Waals surface area contributed by atoms with Crippen molar-refractivity contribution >= 4 is 29.5 Å². The molecule has 0 spiro atoms. The van der Waals surface area contributed by atoms with Crippen LogP contribution in [0.25, 0.3) is 5.78 Å². The van der Waals surface area contributed by atoms with Gasteiger partial charge in [0.1, 0.15) is 29.6 Å². The summed E-state index contributed by atoms with van der Waals surface area (Å²) < 4.78 is 14.8. The molecule has 0 radical (unpaired) electrons. The monoisotopic (exact) mass is 530 g/mol. The molecule has 1 aliphatic heterocycles. The second-order valence-corrected chi connectivity index (χ2v) is 8.99. The number of nitrogens with one attached hydrogen (secondary N) is 4. The normalized spacial score (nSPS) is 14.7. The maximum atomic E-state index is 13.5. The van der Waals surface area contributed by atoms with Crippen molar-refractivity contribution in [2.45, 2.75) is 32.5 Å². The molecule has 1 unspecified atom stereocenters. The number of hydrogen-bond donors (Lipinski definition) is 4. The second-order valence-electron chi connectivity index (χ2n) is 8.99. The van der Waals surface area contributed by atoms with Gasteiger partial charge in [0.15, 0.2) is 0 Å². The molecule has 0 bridgehead atoms. The third kappa shape index (κ3) is 5.71. The van der Waals surface area contributed by atoms with Crippen LogP contribution >= 0.6 is 0 Å². The highest BCUT2D eigenvalue weighted by Gasteiger charge is 2.29. The first-order chi connectivity index (χ1) is 18.8. The molecule has 1 atom stereocenters. The molecule has 5 rings (SSSR count). The summed E-state index contributed by atoms with van der Waals surface area (Å²) in [5, 5.41) is 14.3. The van der Waals surface area contributed by atoms with E-state index >= 15 is 0 Å². The minimum atomic E-state index is -0.656. The van der Waals surface area contributed by atoms with E-state index in [0.717, 1.165) is 11.1 Å². The molecule has 3 heterocycles. The van der Waals surface area contributed by atoms with Crippen LogP contribution < -0.4 is 21.3 Å². The quantitative estimate of drug-likeness (QED) is 0.249. The van der Waals surface area contributed by atoms with Gasteiger partial charge in [-0.25, -0.2) is 14.2 Å². The molecule has 5 amide bonds. The molecule has 4 aromatic rings. The van der Waals surface area contributed by atoms with E-state index in [1.54, 1.807) is 25.1 Å². The molecule has 1 saturated heterocycles. The summed E-state index contributed by atoms with van der Waals surface area (Å²) in [6, 6.07) is 11.9. The molecule has 1 fully saturated rings. The number of urea groups is 1. The zero-order valence-corrected chi connectivity index (χ0v) is 20.7. The number of halogens is 1. The number of amides is 5. The topological polar surface area (TPSA) is 159 Å². The van der Waals surface area contributed by atoms with E-state index in [4.69, 9.17) is 0 Å². The largest absolute Gasteiger partial charge is 0.347 e. The van der Waals surface area contributed by atoms with Crippen LogP contribution in [0.2, 0.25) is 0 Å². The van der Waals surface area contributed by atoms with E-state index in [2.05, 4.69) is 36.3 Å². The summed E-state index contributed by atoms with van der Waals surface area (Å²) in [4.78, 5) is 57.3. The number of hydrogen-bond acceptors (Lipinski definition) is 7. The minimum absolute atomic E-state index is 0.0293. The van der Waals surface area contributed by atoms with Crippen LogP contribution in [-0.4, -0.2) is 49.4 Å². The fraction of sp³-hybridized carbons (Fsp3) is 0.192. The fourth-order valence-electron chi connectivity index (χ4n) is 4.16. The van der Waals surface area contributed by atoms with Crippen LogP contribution in [0.4, 0.5) is 9.18 Å². The van der Waals surface area contributed by atoms with Crippen molar-refractivity contribution in [2.75, 3.05) is 0 Å². The maximum Gasteiger partial charge on any atom is 0.322 e. The van der Waals surface area contributed by atoms with Crippen molar-refractivity contribution in [3.63, 3.8) is 0 Å². The summed E-state index contributed by atoms with van der Waals surface area (Å²) in [6.45, 7) is 1.93. The van der Waals surface area contributed by atoms with E-state index in [0.29, 0.717) is 17.5 Å². The molecule has 4 N–H and O–H groups in total. The van der Waals surface area contributed by atoms with E-state index in [1.807, 2.05) is 18.2 Å². The summed E-state index contributed by atoms with van der Waals surface area (Å²) in [5.41, 5.74) is 2.77. The zero-order chi connectivity index (χ0) is 27.5. The van der Waals surface area contributed by atoms with Crippen molar-refractivity contribution in [3.05, 3.63) is 94.3 Å². The number of rotatable bonds is 8. The first kappa shape index (κ1) is 25.4. The first-order valence-electron chi connectivity index (χ1n) is 12.0. The van der Waals surface area contributed by atoms with Crippen LogP contribution in [0.15, 0.2) is 54.9 Å². The number of aromatic nitrogens is 4. The average Bonchev–Trinajstić information content (AvgIpc) is 3.52. The van der Waals surface area contributed by atoms with Crippen molar-refractivity contribution < 1.29 is 23.6 Å². The average molecular weight is 531 g/mol. The number of imide groups is 1. The zero-order valence-electron chi connectivity index (χ0n) is 20.7. The Morgan fingerprint density at radius 2 is 1.74 bits per heavy atom. The highest BCUT2D eigenvalue weighted by atomic mass is 19.1. The second kappa shape index (κ2) is 10.7. The number of benzene rings is 2. The molecule has 0 aliphatic carbocycles. The molecule has 1 aliphatic rings. The lowest BCUT2D eigenvalue weighted by Crippen LogP contribution is -2.31. The molecular formula is C26H23FN8O4. The van der Waals surface area contributed by atoms with Crippen LogP contribution in [-0.2, 0) is 24.3 Å². The van der Waals surface area contributed by atoms with Crippen molar-refractivity contribution in [1.29, 1.82) is 0 Å². The van der Waals surface area contributed by atoms with E-state index in [1.165, 1.54) is 23.0 Å². The van der Waals surface area contributed by atoms with Gasteiger partial charge in [-0.05, 0) is 35.2 Å². The lowest BCUT2D eigenvalue weighted by atomic mass is 10.0. The molecule has 12 nitrogen and oxygen atoms in total. The van der Waals surface area contributed by atoms with Gasteiger partial charge in [0, 0.05) is 25.6 Å². The van der Waals surface area contributed by atoms with Gasteiger partial charge in [-0.3, -0.25) is 19.7 Å². The van der Waals surface area contributed by atoms with Gasteiger partial charge in [-0.15, -0.1) is 0 Å². The van der Waals surface area contributed by atoms with E-state index in [9.17, 15) is 23.6 Å². The van der Waals surface area contributed by atoms with Gasteiger partial charge < -0.3 is 16.0 Å². The Kier molecular flexibility index (Phi) is 6.95. The standard InChI is InChI=1S/C26H23FN8O4/c1-14-7-17(5-6-18(14)27)12-28-22(36)20-10-21(35-25(32-20)30-13-31-35)24(38)29-11-16-4-2-3-15(8-16)9-19-23(37)34-26(39)33-19/h2-8,10,13,19H,9,11-12H2,1H3,(H,28,36)(H,29,38)(H2,33,34,37,39). The van der Waals surface area contributed by atoms with Gasteiger partial charge in [-0.1, -0.05) is 36.4 Å². The van der Waals surface area contributed by atoms with Crippen molar-refractivity contribution in [2.24, 2.45) is 0 Å². The molecule has 198 valence electrons. The highest BCUT2D eigenvalue weighted by molar-refractivity contribution is 6.04. The molecule has 2 aromatic carbocycles. The Hall–Kier alpha value is -5.20. The van der Waals surface area contributed by atoms with E-state index < -0.39 is 23.9 Å². The number of carbonyl (C=O) groups excluding carboxylic acids is 4. The first-order valence-corrected chi connectivity index (χ1v) is 12.0. The predicted octanol–water partition coefficient (Wildman–Crippen LogP) is 1.18. The van der Waals surface area contributed by atoms with Crippen LogP contribution in [0.5, 0.6) is 0 Å². The Morgan fingerprint density at radius 1 is 1.00 bits per heavy atom. The van der Waals surface area contributed by atoms with Gasteiger partial charge in [0.25, 0.3) is 23.5 Å². The minimum Gasteiger partial charge on any atom is -0.347 e.